The van der Waals surface area contributed by atoms with E-state index in [2.05, 4.69) is 17.1 Å². The topological polar surface area (TPSA) is 184 Å². The number of amides is 1. The van der Waals surface area contributed by atoms with E-state index < -0.39 is 43.4 Å². The molecular weight excluding hydrogens is 753 g/mol. The molecule has 3 aliphatic rings. The predicted octanol–water partition coefficient (Wildman–Crippen LogP) is 4.05. The molecule has 0 radical (unpaired) electrons. The summed E-state index contributed by atoms with van der Waals surface area (Å²) in [5.41, 5.74) is 4.61. The van der Waals surface area contributed by atoms with Gasteiger partial charge in [0.05, 0.1) is 31.8 Å². The molecule has 3 aromatic carbocycles. The molecule has 0 aromatic heterocycles. The van der Waals surface area contributed by atoms with Crippen LogP contribution in [0.2, 0.25) is 0 Å². The summed E-state index contributed by atoms with van der Waals surface area (Å²) in [6.07, 6.45) is -0.727. The molecule has 14 heteroatoms. The number of rotatable bonds is 11. The maximum Gasteiger partial charge on any atom is 0.229 e. The zero-order valence-electron chi connectivity index (χ0n) is 33.5. The Morgan fingerprint density at radius 3 is 2.26 bits per heavy atom. The van der Waals surface area contributed by atoms with Gasteiger partial charge in [-0.2, -0.15) is 0 Å². The maximum atomic E-state index is 13.0. The average Bonchev–Trinajstić information content (AvgIpc) is 3.45. The molecule has 2 saturated heterocycles. The van der Waals surface area contributed by atoms with Crippen LogP contribution in [-0.2, 0) is 16.0 Å². The van der Waals surface area contributed by atoms with Crippen molar-refractivity contribution in [2.24, 2.45) is 5.92 Å². The van der Waals surface area contributed by atoms with Gasteiger partial charge < -0.3 is 49.6 Å². The van der Waals surface area contributed by atoms with Crippen LogP contribution in [0.4, 0.5) is 0 Å². The van der Waals surface area contributed by atoms with Gasteiger partial charge in [0.15, 0.2) is 22.7 Å². The van der Waals surface area contributed by atoms with Crippen LogP contribution >= 0.6 is 11.8 Å². The molecule has 0 saturated carbocycles. The minimum absolute atomic E-state index is 0.103. The Labute approximate surface area is 338 Å². The van der Waals surface area contributed by atoms with Crippen molar-refractivity contribution in [3.05, 3.63) is 81.0 Å². The van der Waals surface area contributed by atoms with Crippen LogP contribution < -0.4 is 25.0 Å². The number of fused-ring (bicyclic) bond motifs is 3. The van der Waals surface area contributed by atoms with Gasteiger partial charge in [0, 0.05) is 30.5 Å². The average molecular weight is 809 g/mol. The van der Waals surface area contributed by atoms with Crippen LogP contribution in [0.25, 0.3) is 11.1 Å². The van der Waals surface area contributed by atoms with Crippen molar-refractivity contribution in [2.45, 2.75) is 94.5 Å². The second-order valence-electron chi connectivity index (χ2n) is 14.9. The number of hydrogen-bond donors (Lipinski definition) is 5. The fourth-order valence-corrected chi connectivity index (χ4v) is 8.17. The van der Waals surface area contributed by atoms with Crippen molar-refractivity contribution >= 4 is 23.5 Å². The van der Waals surface area contributed by atoms with Crippen LogP contribution in [0.1, 0.15) is 72.6 Å². The zero-order valence-corrected chi connectivity index (χ0v) is 34.3. The Balaban J connectivity index is 0.000000287. The van der Waals surface area contributed by atoms with Crippen LogP contribution in [0, 0.1) is 12.8 Å². The molecule has 2 fully saturated rings. The molecule has 1 amide bonds. The van der Waals surface area contributed by atoms with Gasteiger partial charge in [0.1, 0.15) is 24.4 Å². The standard InChI is InChI=1S/C27H33NO10S.C16H23NO/c1-12(30)28-16-7-5-13-9-18(37-27-24(34)23(33)22(32)19(11-29)38-27)25(35-2)26(36-3)21(13)14-6-8-20(39-4)17(31)10-15(14)16;1-13-6-8-15(9-7-13)16(18)14(2)12-17-10-4-3-5-11-17/h6,8-10,16,19,22-24,27,29,32-34H,5,7,11H2,1-4H3,(H,28,30);6-9,14H,3-5,10-12H2,1-2H3/t16-,19+,22+,23-,24+,27+;/m0./s1. The first-order chi connectivity index (χ1) is 27.3. The van der Waals surface area contributed by atoms with Crippen LogP contribution in [0.5, 0.6) is 17.2 Å². The SMILES string of the molecule is COc1c(O[C@@H]2O[C@H](CO)[C@@H](O)[C@H](O)[C@H]2O)cc2c(c1OC)-c1ccc(SC)c(=O)cc1[C@@H](NC(C)=O)CC2.Cc1ccc(C(=O)C(C)CN2CCCCC2)cc1. The number of aliphatic hydroxyl groups is 4. The molecule has 6 rings (SSSR count). The van der Waals surface area contributed by atoms with Gasteiger partial charge in [-0.15, -0.1) is 11.8 Å². The Bertz CT molecular complexity index is 1920. The molecule has 57 heavy (non-hydrogen) atoms. The van der Waals surface area contributed by atoms with Crippen molar-refractivity contribution in [1.29, 1.82) is 0 Å². The summed E-state index contributed by atoms with van der Waals surface area (Å²) < 4.78 is 23.0. The quantitative estimate of drug-likeness (QED) is 0.138. The molecule has 5 N–H and O–H groups in total. The molecular formula is C43H56N2O11S. The minimum Gasteiger partial charge on any atom is -0.492 e. The lowest BCUT2D eigenvalue weighted by Gasteiger charge is -2.39. The number of benzene rings is 2. The third-order valence-electron chi connectivity index (χ3n) is 10.7. The lowest BCUT2D eigenvalue weighted by atomic mass is 9.95. The van der Waals surface area contributed by atoms with E-state index >= 15 is 0 Å². The molecule has 1 aliphatic carbocycles. The fourth-order valence-electron chi connectivity index (χ4n) is 7.70. The smallest absolute Gasteiger partial charge is 0.229 e. The van der Waals surface area contributed by atoms with Gasteiger partial charge in [-0.05, 0) is 86.8 Å². The Morgan fingerprint density at radius 2 is 1.65 bits per heavy atom. The highest BCUT2D eigenvalue weighted by Gasteiger charge is 2.45. The normalized spacial score (nSPS) is 23.7. The van der Waals surface area contributed by atoms with Crippen molar-refractivity contribution in [3.8, 4) is 28.4 Å². The van der Waals surface area contributed by atoms with Gasteiger partial charge >= 0.3 is 0 Å². The number of nitrogens with zero attached hydrogens (tertiary/aromatic N) is 1. The molecule has 0 spiro atoms. The number of aryl methyl sites for hydroxylation is 2. The number of carbonyl (C=O) groups is 2. The summed E-state index contributed by atoms with van der Waals surface area (Å²) in [7, 11) is 2.87. The Hall–Kier alpha value is -4.02. The molecule has 3 aromatic rings. The second kappa shape index (κ2) is 20.1. The van der Waals surface area contributed by atoms with Crippen LogP contribution in [0.15, 0.2) is 58.2 Å². The van der Waals surface area contributed by atoms with Crippen molar-refractivity contribution in [3.63, 3.8) is 0 Å². The van der Waals surface area contributed by atoms with E-state index in [1.807, 2.05) is 43.5 Å². The molecule has 310 valence electrons. The maximum absolute atomic E-state index is 13.0. The first-order valence-corrected chi connectivity index (χ1v) is 20.6. The largest absolute Gasteiger partial charge is 0.492 e. The number of methoxy groups -OCH3 is 2. The molecule has 2 aliphatic heterocycles. The van der Waals surface area contributed by atoms with E-state index in [0.29, 0.717) is 40.2 Å². The summed E-state index contributed by atoms with van der Waals surface area (Å²) in [6.45, 7) is 8.14. The van der Waals surface area contributed by atoms with Gasteiger partial charge in [0.25, 0.3) is 0 Å². The second-order valence-corrected chi connectivity index (χ2v) is 15.7. The van der Waals surface area contributed by atoms with Crippen LogP contribution in [0.3, 0.4) is 0 Å². The van der Waals surface area contributed by atoms with E-state index in [-0.39, 0.29) is 34.5 Å². The van der Waals surface area contributed by atoms with E-state index in [4.69, 9.17) is 18.9 Å². The first-order valence-electron chi connectivity index (χ1n) is 19.4. The number of carbonyl (C=O) groups excluding carboxylic acids is 2. The summed E-state index contributed by atoms with van der Waals surface area (Å²) >= 11 is 1.32. The lowest BCUT2D eigenvalue weighted by Crippen LogP contribution is -2.60. The van der Waals surface area contributed by atoms with Crippen LogP contribution in [-0.4, -0.2) is 114 Å². The number of aliphatic hydroxyl groups excluding tert-OH is 4. The predicted molar refractivity (Wildman–Crippen MR) is 217 cm³/mol. The molecule has 7 atom stereocenters. The summed E-state index contributed by atoms with van der Waals surface area (Å²) in [4.78, 5) is 40.3. The lowest BCUT2D eigenvalue weighted by molar-refractivity contribution is -0.277. The number of likely N-dealkylation sites (tertiary alicyclic amines) is 1. The zero-order chi connectivity index (χ0) is 41.4. The van der Waals surface area contributed by atoms with Gasteiger partial charge in [-0.1, -0.05) is 49.2 Å². The van der Waals surface area contributed by atoms with E-state index in [1.165, 1.54) is 57.7 Å². The summed E-state index contributed by atoms with van der Waals surface area (Å²) in [5.74, 6) is 0.731. The third kappa shape index (κ3) is 10.4. The number of piperidine rings is 1. The summed E-state index contributed by atoms with van der Waals surface area (Å²) in [5, 5.41) is 43.4. The van der Waals surface area contributed by atoms with E-state index in [0.717, 1.165) is 30.8 Å². The first kappa shape index (κ1) is 44.1. The van der Waals surface area contributed by atoms with Gasteiger partial charge in [-0.25, -0.2) is 0 Å². The molecule has 1 unspecified atom stereocenters. The third-order valence-corrected chi connectivity index (χ3v) is 11.5. The summed E-state index contributed by atoms with van der Waals surface area (Å²) in [6, 6.07) is 14.3. The molecule has 0 bridgehead atoms. The van der Waals surface area contributed by atoms with E-state index in [1.54, 1.807) is 18.2 Å². The monoisotopic (exact) mass is 808 g/mol. The number of thioether (sulfide) groups is 1. The molecule has 2 heterocycles. The van der Waals surface area contributed by atoms with Crippen molar-refractivity contribution in [2.75, 3.05) is 46.7 Å². The number of ketones is 1. The fraction of sp³-hybridized carbons (Fsp3) is 0.512. The highest BCUT2D eigenvalue weighted by atomic mass is 32.2. The number of nitrogens with one attached hydrogen (secondary N) is 1. The van der Waals surface area contributed by atoms with Crippen molar-refractivity contribution in [1.82, 2.24) is 10.2 Å². The van der Waals surface area contributed by atoms with E-state index in [9.17, 15) is 34.8 Å². The highest BCUT2D eigenvalue weighted by molar-refractivity contribution is 7.98. The van der Waals surface area contributed by atoms with Gasteiger partial charge in [-0.3, -0.25) is 14.4 Å². The highest BCUT2D eigenvalue weighted by Crippen LogP contribution is 2.51. The minimum atomic E-state index is -1.62. The number of ether oxygens (including phenoxy) is 4. The number of hydrogen-bond acceptors (Lipinski definition) is 13. The molecule has 13 nitrogen and oxygen atoms in total. The number of Topliss-reactive ketones (excluding diaryl/α,β-unsaturated/α-hetero) is 1. The Morgan fingerprint density at radius 1 is 0.965 bits per heavy atom. The Kier molecular flexibility index (Phi) is 15.5. The van der Waals surface area contributed by atoms with Crippen molar-refractivity contribution < 1.29 is 49.0 Å². The van der Waals surface area contributed by atoms with Gasteiger partial charge in [0.2, 0.25) is 17.9 Å².